The Hall–Kier alpha value is -2.08. The van der Waals surface area contributed by atoms with Crippen LogP contribution in [0.15, 0.2) is 30.5 Å². The molecule has 112 valence electrons. The highest BCUT2D eigenvalue weighted by Crippen LogP contribution is 2.27. The van der Waals surface area contributed by atoms with Crippen molar-refractivity contribution in [3.8, 4) is 11.6 Å². The van der Waals surface area contributed by atoms with Gasteiger partial charge >= 0.3 is 0 Å². The number of benzene rings is 1. The van der Waals surface area contributed by atoms with Crippen LogP contribution in [0.4, 0.5) is 13.2 Å². The third-order valence-electron chi connectivity index (χ3n) is 2.72. The number of ether oxygens (including phenoxy) is 1. The highest BCUT2D eigenvalue weighted by atomic mass is 19.2. The lowest BCUT2D eigenvalue weighted by atomic mass is 10.2. The number of nitrogens with one attached hydrogen (secondary N) is 1. The summed E-state index contributed by atoms with van der Waals surface area (Å²) < 4.78 is 45.3. The van der Waals surface area contributed by atoms with Gasteiger partial charge in [-0.15, -0.1) is 0 Å². The Balaban J connectivity index is 2.28. The zero-order valence-electron chi connectivity index (χ0n) is 11.7. The molecule has 0 aliphatic carbocycles. The molecule has 6 heteroatoms. The van der Waals surface area contributed by atoms with Gasteiger partial charge in [0.25, 0.3) is 0 Å². The molecule has 0 saturated heterocycles. The largest absolute Gasteiger partial charge is 0.435 e. The van der Waals surface area contributed by atoms with Crippen molar-refractivity contribution >= 4 is 0 Å². The smallest absolute Gasteiger partial charge is 0.224 e. The maximum Gasteiger partial charge on any atom is 0.224 e. The Kier molecular flexibility index (Phi) is 4.80. The van der Waals surface area contributed by atoms with Crippen molar-refractivity contribution in [2.24, 2.45) is 0 Å². The van der Waals surface area contributed by atoms with E-state index in [-0.39, 0.29) is 17.7 Å². The zero-order chi connectivity index (χ0) is 15.4. The van der Waals surface area contributed by atoms with Crippen molar-refractivity contribution in [1.82, 2.24) is 10.3 Å². The molecule has 0 atom stereocenters. The maximum absolute atomic E-state index is 13.6. The lowest BCUT2D eigenvalue weighted by Gasteiger charge is -2.13. The number of pyridine rings is 1. The van der Waals surface area contributed by atoms with Crippen molar-refractivity contribution in [1.29, 1.82) is 0 Å². The van der Waals surface area contributed by atoms with Crippen LogP contribution >= 0.6 is 0 Å². The van der Waals surface area contributed by atoms with Gasteiger partial charge in [-0.2, -0.15) is 4.39 Å². The summed E-state index contributed by atoms with van der Waals surface area (Å²) >= 11 is 0. The molecule has 0 aliphatic heterocycles. The second-order valence-electron chi connectivity index (χ2n) is 4.81. The number of halogens is 3. The first-order chi connectivity index (χ1) is 9.97. The first-order valence-electron chi connectivity index (χ1n) is 6.47. The zero-order valence-corrected chi connectivity index (χ0v) is 11.7. The van der Waals surface area contributed by atoms with Crippen molar-refractivity contribution < 1.29 is 17.9 Å². The molecule has 0 aliphatic rings. The lowest BCUT2D eigenvalue weighted by Crippen LogP contribution is -2.22. The summed E-state index contributed by atoms with van der Waals surface area (Å²) in [6.07, 6.45) is 0.964. The lowest BCUT2D eigenvalue weighted by molar-refractivity contribution is 0.397. The molecular weight excluding hydrogens is 281 g/mol. The van der Waals surface area contributed by atoms with Crippen LogP contribution in [0.5, 0.6) is 11.6 Å². The van der Waals surface area contributed by atoms with Crippen molar-refractivity contribution in [3.63, 3.8) is 0 Å². The van der Waals surface area contributed by atoms with E-state index in [1.807, 2.05) is 13.8 Å². The molecule has 1 N–H and O–H groups in total. The van der Waals surface area contributed by atoms with Gasteiger partial charge in [-0.25, -0.2) is 13.8 Å². The summed E-state index contributed by atoms with van der Waals surface area (Å²) in [6, 6.07) is 5.01. The summed E-state index contributed by atoms with van der Waals surface area (Å²) in [6.45, 7) is 4.16. The van der Waals surface area contributed by atoms with Gasteiger partial charge < -0.3 is 10.1 Å². The first-order valence-corrected chi connectivity index (χ1v) is 6.47. The highest BCUT2D eigenvalue weighted by molar-refractivity contribution is 5.33. The predicted octanol–water partition coefficient (Wildman–Crippen LogP) is 3.79. The minimum atomic E-state index is -1.11. The minimum absolute atomic E-state index is 0.0362. The van der Waals surface area contributed by atoms with Crippen LogP contribution in [0.1, 0.15) is 19.4 Å². The number of hydrogen-bond acceptors (Lipinski definition) is 3. The third-order valence-corrected chi connectivity index (χ3v) is 2.72. The van der Waals surface area contributed by atoms with Gasteiger partial charge in [0, 0.05) is 18.2 Å². The van der Waals surface area contributed by atoms with E-state index in [0.717, 1.165) is 12.3 Å². The van der Waals surface area contributed by atoms with E-state index in [4.69, 9.17) is 4.74 Å². The fourth-order valence-corrected chi connectivity index (χ4v) is 1.67. The second kappa shape index (κ2) is 6.58. The summed E-state index contributed by atoms with van der Waals surface area (Å²) in [5.41, 5.74) is 0.423. The van der Waals surface area contributed by atoms with Crippen LogP contribution in [0.3, 0.4) is 0 Å². The van der Waals surface area contributed by atoms with Gasteiger partial charge in [0.15, 0.2) is 11.6 Å². The monoisotopic (exact) mass is 296 g/mol. The molecule has 2 aromatic rings. The Morgan fingerprint density at radius 3 is 2.71 bits per heavy atom. The van der Waals surface area contributed by atoms with Crippen LogP contribution in [-0.4, -0.2) is 11.0 Å². The molecule has 2 rings (SSSR count). The van der Waals surface area contributed by atoms with Crippen LogP contribution in [0.25, 0.3) is 0 Å². The predicted molar refractivity (Wildman–Crippen MR) is 72.6 cm³/mol. The standard InChI is InChI=1S/C15H15F3N2O/c1-9(2)19-7-10-6-11(16)8-20-15(10)21-13-5-3-4-12(17)14(13)18/h3-6,8-9,19H,7H2,1-2H3. The SMILES string of the molecule is CC(C)NCc1cc(F)cnc1Oc1cccc(F)c1F. The van der Waals surface area contributed by atoms with E-state index >= 15 is 0 Å². The molecule has 0 amide bonds. The summed E-state index contributed by atoms with van der Waals surface area (Å²) in [5, 5.41) is 3.09. The second-order valence-corrected chi connectivity index (χ2v) is 4.81. The summed E-state index contributed by atoms with van der Waals surface area (Å²) in [7, 11) is 0. The van der Waals surface area contributed by atoms with Gasteiger partial charge in [-0.3, -0.25) is 0 Å². The van der Waals surface area contributed by atoms with Gasteiger partial charge in [0.2, 0.25) is 11.7 Å². The van der Waals surface area contributed by atoms with Crippen LogP contribution in [0, 0.1) is 17.5 Å². The van der Waals surface area contributed by atoms with E-state index in [1.54, 1.807) is 0 Å². The van der Waals surface area contributed by atoms with Gasteiger partial charge in [-0.1, -0.05) is 19.9 Å². The maximum atomic E-state index is 13.6. The molecule has 0 saturated carbocycles. The molecule has 3 nitrogen and oxygen atoms in total. The Bertz CT molecular complexity index is 632. The molecule has 0 radical (unpaired) electrons. The van der Waals surface area contributed by atoms with Gasteiger partial charge in [0.1, 0.15) is 5.82 Å². The number of nitrogens with zero attached hydrogens (tertiary/aromatic N) is 1. The molecule has 0 spiro atoms. The normalized spacial score (nSPS) is 11.0. The highest BCUT2D eigenvalue weighted by Gasteiger charge is 2.14. The minimum Gasteiger partial charge on any atom is -0.435 e. The Morgan fingerprint density at radius 1 is 1.24 bits per heavy atom. The average molecular weight is 296 g/mol. The van der Waals surface area contributed by atoms with E-state index < -0.39 is 17.5 Å². The van der Waals surface area contributed by atoms with E-state index in [9.17, 15) is 13.2 Å². The fraction of sp³-hybridized carbons (Fsp3) is 0.267. The van der Waals surface area contributed by atoms with Crippen molar-refractivity contribution in [2.45, 2.75) is 26.4 Å². The fourth-order valence-electron chi connectivity index (χ4n) is 1.67. The molecule has 1 aromatic carbocycles. The molecule has 21 heavy (non-hydrogen) atoms. The van der Waals surface area contributed by atoms with Crippen LogP contribution in [0.2, 0.25) is 0 Å². The van der Waals surface area contributed by atoms with Crippen molar-refractivity contribution in [3.05, 3.63) is 53.5 Å². The average Bonchev–Trinajstić information content (AvgIpc) is 2.43. The van der Waals surface area contributed by atoms with Crippen LogP contribution < -0.4 is 10.1 Å². The third kappa shape index (κ3) is 3.95. The van der Waals surface area contributed by atoms with E-state index in [2.05, 4.69) is 10.3 Å². The quantitative estimate of drug-likeness (QED) is 0.911. The van der Waals surface area contributed by atoms with Gasteiger partial charge in [0.05, 0.1) is 6.20 Å². The van der Waals surface area contributed by atoms with E-state index in [0.29, 0.717) is 12.1 Å². The summed E-state index contributed by atoms with van der Waals surface area (Å²) in [5.74, 6) is -2.90. The van der Waals surface area contributed by atoms with Crippen LogP contribution in [-0.2, 0) is 6.54 Å². The molecule has 0 fully saturated rings. The Labute approximate surface area is 120 Å². The first kappa shape index (κ1) is 15.3. The number of hydrogen-bond donors (Lipinski definition) is 1. The molecular formula is C15H15F3N2O. The van der Waals surface area contributed by atoms with Gasteiger partial charge in [-0.05, 0) is 18.2 Å². The molecule has 0 unspecified atom stereocenters. The Morgan fingerprint density at radius 2 is 2.00 bits per heavy atom. The molecule has 1 heterocycles. The number of aromatic nitrogens is 1. The molecule has 1 aromatic heterocycles. The number of rotatable bonds is 5. The summed E-state index contributed by atoms with van der Waals surface area (Å²) in [4.78, 5) is 3.80. The molecule has 0 bridgehead atoms. The van der Waals surface area contributed by atoms with E-state index in [1.165, 1.54) is 18.2 Å². The van der Waals surface area contributed by atoms with Crippen molar-refractivity contribution in [2.75, 3.05) is 0 Å². The topological polar surface area (TPSA) is 34.2 Å².